The highest BCUT2D eigenvalue weighted by Crippen LogP contribution is 2.29. The molecule has 2 N–H and O–H groups in total. The van der Waals surface area contributed by atoms with Crippen LogP contribution in [0.25, 0.3) is 0 Å². The lowest BCUT2D eigenvalue weighted by Crippen LogP contribution is -2.07. The molecule has 15 heavy (non-hydrogen) atoms. The number of benzene rings is 1. The van der Waals surface area contributed by atoms with E-state index in [-0.39, 0.29) is 24.8 Å². The molecule has 1 aromatic rings. The smallest absolute Gasteiger partial charge is 0.330 e. The van der Waals surface area contributed by atoms with E-state index in [0.717, 1.165) is 12.1 Å². The first-order valence-corrected chi connectivity index (χ1v) is 3.90. The Kier molecular flexibility index (Phi) is 7.83. The minimum atomic E-state index is -4.26. The van der Waals surface area contributed by atoms with Gasteiger partial charge in [-0.15, -0.1) is 24.8 Å². The second-order valence-electron chi connectivity index (χ2n) is 2.74. The standard InChI is InChI=1S/C9H10F3N.2ClH/c10-9(11,12)8-3-1-2-7(6-8)4-5-13;;/h1-3,6H,4-5,13H2;2*1H. The Morgan fingerprint density at radius 1 is 1.13 bits per heavy atom. The molecule has 0 saturated carbocycles. The fraction of sp³-hybridized carbons (Fsp3) is 0.333. The van der Waals surface area contributed by atoms with Gasteiger partial charge in [0, 0.05) is 0 Å². The van der Waals surface area contributed by atoms with E-state index in [1.807, 2.05) is 0 Å². The van der Waals surface area contributed by atoms with Gasteiger partial charge in [-0.1, -0.05) is 18.2 Å². The van der Waals surface area contributed by atoms with Crippen LogP contribution in [0.4, 0.5) is 13.2 Å². The van der Waals surface area contributed by atoms with Crippen LogP contribution in [0, 0.1) is 0 Å². The van der Waals surface area contributed by atoms with E-state index in [1.54, 1.807) is 6.07 Å². The lowest BCUT2D eigenvalue weighted by atomic mass is 10.1. The number of halogens is 5. The molecule has 0 aliphatic rings. The Bertz CT molecular complexity index is 289. The van der Waals surface area contributed by atoms with Crippen LogP contribution >= 0.6 is 24.8 Å². The van der Waals surface area contributed by atoms with Crippen molar-refractivity contribution in [3.63, 3.8) is 0 Å². The molecule has 0 aliphatic carbocycles. The van der Waals surface area contributed by atoms with Gasteiger partial charge >= 0.3 is 6.18 Å². The highest BCUT2D eigenvalue weighted by atomic mass is 35.5. The quantitative estimate of drug-likeness (QED) is 0.870. The molecule has 1 aromatic carbocycles. The lowest BCUT2D eigenvalue weighted by molar-refractivity contribution is -0.137. The van der Waals surface area contributed by atoms with Crippen molar-refractivity contribution in [2.45, 2.75) is 12.6 Å². The maximum absolute atomic E-state index is 12.2. The normalized spacial score (nSPS) is 10.1. The predicted molar refractivity (Wildman–Crippen MR) is 58.7 cm³/mol. The van der Waals surface area contributed by atoms with Crippen LogP contribution in [0.3, 0.4) is 0 Å². The van der Waals surface area contributed by atoms with Crippen LogP contribution in [0.5, 0.6) is 0 Å². The molecule has 0 bridgehead atoms. The lowest BCUT2D eigenvalue weighted by Gasteiger charge is -2.07. The van der Waals surface area contributed by atoms with Crippen LogP contribution in [0.2, 0.25) is 0 Å². The fourth-order valence-electron chi connectivity index (χ4n) is 1.07. The minimum Gasteiger partial charge on any atom is -0.330 e. The molecule has 0 aliphatic heterocycles. The van der Waals surface area contributed by atoms with E-state index < -0.39 is 11.7 Å². The Morgan fingerprint density at radius 3 is 2.20 bits per heavy atom. The van der Waals surface area contributed by atoms with Crippen molar-refractivity contribution in [3.8, 4) is 0 Å². The zero-order chi connectivity index (χ0) is 9.90. The van der Waals surface area contributed by atoms with Gasteiger partial charge < -0.3 is 5.73 Å². The van der Waals surface area contributed by atoms with E-state index in [4.69, 9.17) is 5.73 Å². The summed E-state index contributed by atoms with van der Waals surface area (Å²) < 4.78 is 36.5. The molecule has 1 nitrogen and oxygen atoms in total. The summed E-state index contributed by atoms with van der Waals surface area (Å²) in [7, 11) is 0. The third-order valence-electron chi connectivity index (χ3n) is 1.69. The maximum Gasteiger partial charge on any atom is 0.416 e. The molecular weight excluding hydrogens is 250 g/mol. The Balaban J connectivity index is 0. The Labute approximate surface area is 98.7 Å². The van der Waals surface area contributed by atoms with Crippen LogP contribution in [-0.2, 0) is 12.6 Å². The van der Waals surface area contributed by atoms with Gasteiger partial charge in [0.1, 0.15) is 0 Å². The third kappa shape index (κ3) is 5.25. The van der Waals surface area contributed by atoms with Gasteiger partial charge in [0.15, 0.2) is 0 Å². The molecule has 88 valence electrons. The molecule has 0 atom stereocenters. The van der Waals surface area contributed by atoms with Gasteiger partial charge in [-0.3, -0.25) is 0 Å². The molecule has 0 spiro atoms. The van der Waals surface area contributed by atoms with Crippen molar-refractivity contribution in [1.29, 1.82) is 0 Å². The molecular formula is C9H12Cl2F3N. The summed E-state index contributed by atoms with van der Waals surface area (Å²) in [4.78, 5) is 0. The summed E-state index contributed by atoms with van der Waals surface area (Å²) in [5, 5.41) is 0. The van der Waals surface area contributed by atoms with Gasteiger partial charge in [0.2, 0.25) is 0 Å². The van der Waals surface area contributed by atoms with Gasteiger partial charge in [-0.25, -0.2) is 0 Å². The number of hydrogen-bond donors (Lipinski definition) is 1. The van der Waals surface area contributed by atoms with Gasteiger partial charge in [-0.05, 0) is 24.6 Å². The van der Waals surface area contributed by atoms with Crippen molar-refractivity contribution < 1.29 is 13.2 Å². The van der Waals surface area contributed by atoms with Gasteiger partial charge in [0.25, 0.3) is 0 Å². The summed E-state index contributed by atoms with van der Waals surface area (Å²) in [5.74, 6) is 0. The first kappa shape index (κ1) is 17.0. The molecule has 0 amide bonds. The topological polar surface area (TPSA) is 26.0 Å². The molecule has 0 radical (unpaired) electrons. The number of hydrogen-bond acceptors (Lipinski definition) is 1. The number of nitrogens with two attached hydrogens (primary N) is 1. The summed E-state index contributed by atoms with van der Waals surface area (Å²) in [6, 6.07) is 5.22. The SMILES string of the molecule is Cl.Cl.NCCc1cccc(C(F)(F)F)c1. The van der Waals surface area contributed by atoms with Crippen molar-refractivity contribution in [2.75, 3.05) is 6.54 Å². The summed E-state index contributed by atoms with van der Waals surface area (Å²) in [6.45, 7) is 0.362. The summed E-state index contributed by atoms with van der Waals surface area (Å²) >= 11 is 0. The highest BCUT2D eigenvalue weighted by molar-refractivity contribution is 5.85. The molecule has 0 heterocycles. The second-order valence-corrected chi connectivity index (χ2v) is 2.74. The van der Waals surface area contributed by atoms with E-state index in [9.17, 15) is 13.2 Å². The van der Waals surface area contributed by atoms with E-state index >= 15 is 0 Å². The van der Waals surface area contributed by atoms with Crippen molar-refractivity contribution in [3.05, 3.63) is 35.4 Å². The van der Waals surface area contributed by atoms with Crippen molar-refractivity contribution >= 4 is 24.8 Å². The van der Waals surface area contributed by atoms with E-state index in [0.29, 0.717) is 18.5 Å². The zero-order valence-electron chi connectivity index (χ0n) is 7.75. The second kappa shape index (κ2) is 6.93. The monoisotopic (exact) mass is 261 g/mol. The summed E-state index contributed by atoms with van der Waals surface area (Å²) in [6.07, 6.45) is -3.78. The zero-order valence-corrected chi connectivity index (χ0v) is 9.38. The fourth-order valence-corrected chi connectivity index (χ4v) is 1.07. The highest BCUT2D eigenvalue weighted by Gasteiger charge is 2.30. The molecule has 6 heteroatoms. The van der Waals surface area contributed by atoms with Crippen LogP contribution in [0.1, 0.15) is 11.1 Å². The largest absolute Gasteiger partial charge is 0.416 e. The Hall–Kier alpha value is -0.450. The van der Waals surface area contributed by atoms with Crippen molar-refractivity contribution in [1.82, 2.24) is 0 Å². The van der Waals surface area contributed by atoms with Crippen LogP contribution < -0.4 is 5.73 Å². The molecule has 0 unspecified atom stereocenters. The van der Waals surface area contributed by atoms with Crippen molar-refractivity contribution in [2.24, 2.45) is 5.73 Å². The Morgan fingerprint density at radius 2 is 1.73 bits per heavy atom. The van der Waals surface area contributed by atoms with Gasteiger partial charge in [0.05, 0.1) is 5.56 Å². The molecule has 0 fully saturated rings. The first-order valence-electron chi connectivity index (χ1n) is 3.90. The minimum absolute atomic E-state index is 0. The number of alkyl halides is 3. The average molecular weight is 262 g/mol. The number of rotatable bonds is 2. The van der Waals surface area contributed by atoms with Crippen LogP contribution in [0.15, 0.2) is 24.3 Å². The third-order valence-corrected chi connectivity index (χ3v) is 1.69. The summed E-state index contributed by atoms with van der Waals surface area (Å²) in [5.41, 5.74) is 5.25. The van der Waals surface area contributed by atoms with E-state index in [1.165, 1.54) is 6.07 Å². The van der Waals surface area contributed by atoms with Crippen LogP contribution in [-0.4, -0.2) is 6.54 Å². The van der Waals surface area contributed by atoms with Gasteiger partial charge in [-0.2, -0.15) is 13.2 Å². The molecule has 0 saturated heterocycles. The molecule has 0 aromatic heterocycles. The van der Waals surface area contributed by atoms with E-state index in [2.05, 4.69) is 0 Å². The molecule has 1 rings (SSSR count). The maximum atomic E-state index is 12.2. The first-order chi connectivity index (χ1) is 6.04. The average Bonchev–Trinajstić information content (AvgIpc) is 2.04. The predicted octanol–water partition coefficient (Wildman–Crippen LogP) is 3.05.